The SMILES string of the molecule is CCC(C)/C=C\CC(C)N=CC(C)C(C)CC(CC)CN. The Kier molecular flexibility index (Phi) is 11.6. The molecule has 0 aromatic carbocycles. The van der Waals surface area contributed by atoms with Crippen LogP contribution in [0.1, 0.15) is 67.2 Å². The van der Waals surface area contributed by atoms with E-state index in [1.807, 2.05) is 0 Å². The molecule has 0 fully saturated rings. The second kappa shape index (κ2) is 12.0. The van der Waals surface area contributed by atoms with E-state index < -0.39 is 0 Å². The van der Waals surface area contributed by atoms with Crippen molar-refractivity contribution in [3.63, 3.8) is 0 Å². The summed E-state index contributed by atoms with van der Waals surface area (Å²) in [5.74, 6) is 2.53. The van der Waals surface area contributed by atoms with E-state index >= 15 is 0 Å². The molecule has 0 aromatic rings. The van der Waals surface area contributed by atoms with Gasteiger partial charge in [-0.05, 0) is 50.0 Å². The summed E-state index contributed by atoms with van der Waals surface area (Å²) in [5.41, 5.74) is 5.80. The van der Waals surface area contributed by atoms with Crippen LogP contribution in [0, 0.1) is 23.7 Å². The zero-order valence-electron chi connectivity index (χ0n) is 15.2. The van der Waals surface area contributed by atoms with Crippen LogP contribution in [-0.4, -0.2) is 18.8 Å². The minimum Gasteiger partial charge on any atom is -0.330 e. The van der Waals surface area contributed by atoms with Crippen LogP contribution in [0.15, 0.2) is 17.1 Å². The van der Waals surface area contributed by atoms with Gasteiger partial charge in [-0.25, -0.2) is 0 Å². The zero-order valence-corrected chi connectivity index (χ0v) is 15.2. The monoisotopic (exact) mass is 294 g/mol. The summed E-state index contributed by atoms with van der Waals surface area (Å²) < 4.78 is 0. The first-order valence-corrected chi connectivity index (χ1v) is 8.84. The number of nitrogens with two attached hydrogens (primary N) is 1. The molecule has 0 bridgehead atoms. The lowest BCUT2D eigenvalue weighted by Gasteiger charge is -2.21. The van der Waals surface area contributed by atoms with E-state index in [0.717, 1.165) is 13.0 Å². The Balaban J connectivity index is 4.17. The third-order valence-electron chi connectivity index (χ3n) is 4.67. The van der Waals surface area contributed by atoms with Gasteiger partial charge in [-0.15, -0.1) is 0 Å². The predicted octanol–water partition coefficient (Wildman–Crippen LogP) is 5.09. The Morgan fingerprint density at radius 3 is 2.24 bits per heavy atom. The zero-order chi connectivity index (χ0) is 16.3. The Hall–Kier alpha value is -0.630. The van der Waals surface area contributed by atoms with Crippen molar-refractivity contribution in [2.24, 2.45) is 34.4 Å². The van der Waals surface area contributed by atoms with Crippen LogP contribution < -0.4 is 5.73 Å². The molecule has 0 aliphatic heterocycles. The molecule has 0 radical (unpaired) electrons. The van der Waals surface area contributed by atoms with Crippen molar-refractivity contribution in [2.45, 2.75) is 73.3 Å². The molecule has 21 heavy (non-hydrogen) atoms. The molecule has 0 aliphatic rings. The van der Waals surface area contributed by atoms with Crippen LogP contribution in [-0.2, 0) is 0 Å². The van der Waals surface area contributed by atoms with Crippen LogP contribution in [0.4, 0.5) is 0 Å². The average Bonchev–Trinajstić information content (AvgIpc) is 2.49. The summed E-state index contributed by atoms with van der Waals surface area (Å²) >= 11 is 0. The molecule has 2 nitrogen and oxygen atoms in total. The van der Waals surface area contributed by atoms with Gasteiger partial charge >= 0.3 is 0 Å². The average molecular weight is 295 g/mol. The molecule has 0 aromatic heterocycles. The molecule has 0 aliphatic carbocycles. The minimum absolute atomic E-state index is 0.386. The highest BCUT2D eigenvalue weighted by molar-refractivity contribution is 5.60. The molecule has 0 saturated carbocycles. The number of hydrogen-bond donors (Lipinski definition) is 1. The number of rotatable bonds is 11. The fourth-order valence-corrected chi connectivity index (χ4v) is 2.30. The normalized spacial score (nSPS) is 19.8. The largest absolute Gasteiger partial charge is 0.330 e. The molecule has 0 saturated heterocycles. The first-order valence-electron chi connectivity index (χ1n) is 8.84. The lowest BCUT2D eigenvalue weighted by molar-refractivity contribution is 0.350. The lowest BCUT2D eigenvalue weighted by atomic mass is 9.86. The maximum absolute atomic E-state index is 5.80. The van der Waals surface area contributed by atoms with Crippen LogP contribution in [0.2, 0.25) is 0 Å². The molecule has 124 valence electrons. The molecular weight excluding hydrogens is 256 g/mol. The fourth-order valence-electron chi connectivity index (χ4n) is 2.30. The minimum atomic E-state index is 0.386. The molecule has 5 atom stereocenters. The molecule has 0 spiro atoms. The third-order valence-corrected chi connectivity index (χ3v) is 4.67. The maximum Gasteiger partial charge on any atom is 0.0502 e. The summed E-state index contributed by atoms with van der Waals surface area (Å²) in [5, 5.41) is 0. The predicted molar refractivity (Wildman–Crippen MR) is 96.9 cm³/mol. The number of hydrogen-bond acceptors (Lipinski definition) is 2. The Labute approximate surface area is 133 Å². The molecule has 0 amide bonds. The fraction of sp³-hybridized carbons (Fsp3) is 0.842. The van der Waals surface area contributed by atoms with E-state index in [1.165, 1.54) is 19.3 Å². The topological polar surface area (TPSA) is 38.4 Å². The number of nitrogens with zero attached hydrogens (tertiary/aromatic N) is 1. The van der Waals surface area contributed by atoms with Crippen molar-refractivity contribution in [3.8, 4) is 0 Å². The van der Waals surface area contributed by atoms with Crippen LogP contribution >= 0.6 is 0 Å². The van der Waals surface area contributed by atoms with Gasteiger partial charge < -0.3 is 5.73 Å². The van der Waals surface area contributed by atoms with E-state index in [-0.39, 0.29) is 0 Å². The lowest BCUT2D eigenvalue weighted by Crippen LogP contribution is -2.20. The van der Waals surface area contributed by atoms with Crippen LogP contribution in [0.5, 0.6) is 0 Å². The standard InChI is InChI=1S/C19H38N2/c1-7-15(3)10-9-11-18(6)21-14-17(5)16(4)12-19(8-2)13-20/h9-10,14-19H,7-8,11-13,20H2,1-6H3/b10-9-,21-14?. The third kappa shape index (κ3) is 9.84. The van der Waals surface area contributed by atoms with Gasteiger partial charge in [-0.2, -0.15) is 0 Å². The molecular formula is C19H38N2. The smallest absolute Gasteiger partial charge is 0.0502 e. The Bertz CT molecular complexity index is 292. The van der Waals surface area contributed by atoms with E-state index in [9.17, 15) is 0 Å². The summed E-state index contributed by atoms with van der Waals surface area (Å²) in [4.78, 5) is 4.72. The van der Waals surface area contributed by atoms with Crippen molar-refractivity contribution >= 4 is 6.21 Å². The summed E-state index contributed by atoms with van der Waals surface area (Å²) in [6, 6.07) is 0.386. The summed E-state index contributed by atoms with van der Waals surface area (Å²) in [6.45, 7) is 14.3. The van der Waals surface area contributed by atoms with Gasteiger partial charge in [-0.1, -0.05) is 59.6 Å². The van der Waals surface area contributed by atoms with Gasteiger partial charge in [0.1, 0.15) is 0 Å². The first kappa shape index (κ1) is 20.4. The van der Waals surface area contributed by atoms with Gasteiger partial charge in [0.25, 0.3) is 0 Å². The van der Waals surface area contributed by atoms with Gasteiger partial charge in [-0.3, -0.25) is 4.99 Å². The van der Waals surface area contributed by atoms with Crippen LogP contribution in [0.3, 0.4) is 0 Å². The van der Waals surface area contributed by atoms with Crippen molar-refractivity contribution < 1.29 is 0 Å². The van der Waals surface area contributed by atoms with Crippen molar-refractivity contribution in [1.82, 2.24) is 0 Å². The second-order valence-corrected chi connectivity index (χ2v) is 6.78. The Morgan fingerprint density at radius 1 is 1.05 bits per heavy atom. The van der Waals surface area contributed by atoms with Crippen molar-refractivity contribution in [1.29, 1.82) is 0 Å². The van der Waals surface area contributed by atoms with E-state index in [0.29, 0.717) is 29.7 Å². The van der Waals surface area contributed by atoms with Crippen molar-refractivity contribution in [2.75, 3.05) is 6.54 Å². The molecule has 2 heteroatoms. The highest BCUT2D eigenvalue weighted by Crippen LogP contribution is 2.20. The summed E-state index contributed by atoms with van der Waals surface area (Å²) in [6.07, 6.45) is 11.4. The quantitative estimate of drug-likeness (QED) is 0.418. The maximum atomic E-state index is 5.80. The number of aliphatic imine (C=N–C) groups is 1. The highest BCUT2D eigenvalue weighted by Gasteiger charge is 2.15. The van der Waals surface area contributed by atoms with E-state index in [1.54, 1.807) is 0 Å². The van der Waals surface area contributed by atoms with Gasteiger partial charge in [0.15, 0.2) is 0 Å². The van der Waals surface area contributed by atoms with Crippen LogP contribution in [0.25, 0.3) is 0 Å². The molecule has 5 unspecified atom stereocenters. The van der Waals surface area contributed by atoms with E-state index in [2.05, 4.69) is 59.9 Å². The second-order valence-electron chi connectivity index (χ2n) is 6.78. The van der Waals surface area contributed by atoms with Crippen molar-refractivity contribution in [3.05, 3.63) is 12.2 Å². The van der Waals surface area contributed by atoms with Gasteiger partial charge in [0, 0.05) is 6.21 Å². The number of allylic oxidation sites excluding steroid dienone is 1. The van der Waals surface area contributed by atoms with Gasteiger partial charge in [0.05, 0.1) is 6.04 Å². The van der Waals surface area contributed by atoms with E-state index in [4.69, 9.17) is 10.7 Å². The molecule has 0 heterocycles. The first-order chi connectivity index (χ1) is 9.94. The summed E-state index contributed by atoms with van der Waals surface area (Å²) in [7, 11) is 0. The highest BCUT2D eigenvalue weighted by atomic mass is 14.8. The molecule has 0 rings (SSSR count). The Morgan fingerprint density at radius 2 is 1.71 bits per heavy atom. The van der Waals surface area contributed by atoms with Gasteiger partial charge in [0.2, 0.25) is 0 Å². The molecule has 2 N–H and O–H groups in total.